The number of hydrogen-bond acceptors (Lipinski definition) is 3. The van der Waals surface area contributed by atoms with Crippen LogP contribution in [-0.2, 0) is 13.5 Å². The van der Waals surface area contributed by atoms with E-state index in [0.29, 0.717) is 0 Å². The first-order chi connectivity index (χ1) is 9.19. The van der Waals surface area contributed by atoms with E-state index in [4.69, 9.17) is 4.74 Å². The van der Waals surface area contributed by atoms with Crippen molar-refractivity contribution in [1.29, 1.82) is 0 Å². The molecule has 0 saturated heterocycles. The maximum Gasteiger partial charge on any atom is 0.122 e. The number of nitrogens with one attached hydrogen (secondary N) is 1. The Morgan fingerprint density at radius 1 is 1.42 bits per heavy atom. The second-order valence-corrected chi connectivity index (χ2v) is 5.03. The third kappa shape index (κ3) is 2.12. The van der Waals surface area contributed by atoms with Crippen LogP contribution >= 0.6 is 0 Å². The van der Waals surface area contributed by atoms with Gasteiger partial charge in [-0.1, -0.05) is 12.1 Å². The summed E-state index contributed by atoms with van der Waals surface area (Å²) >= 11 is 0. The van der Waals surface area contributed by atoms with E-state index in [-0.39, 0.29) is 6.04 Å². The number of benzene rings is 1. The molecule has 4 heteroatoms. The minimum atomic E-state index is 0.180. The predicted octanol–water partition coefficient (Wildman–Crippen LogP) is 1.97. The minimum absolute atomic E-state index is 0.180. The fourth-order valence-corrected chi connectivity index (χ4v) is 2.79. The van der Waals surface area contributed by atoms with Crippen LogP contribution in [0, 0.1) is 6.92 Å². The summed E-state index contributed by atoms with van der Waals surface area (Å²) in [5, 5.41) is 7.82. The number of ether oxygens (including phenoxy) is 1. The maximum atomic E-state index is 5.56. The van der Waals surface area contributed by atoms with Crippen molar-refractivity contribution in [2.45, 2.75) is 19.4 Å². The van der Waals surface area contributed by atoms with Crippen molar-refractivity contribution in [1.82, 2.24) is 15.1 Å². The van der Waals surface area contributed by atoms with Crippen LogP contribution in [0.15, 0.2) is 24.4 Å². The summed E-state index contributed by atoms with van der Waals surface area (Å²) in [6.07, 6.45) is 3.09. The van der Waals surface area contributed by atoms with Crippen LogP contribution in [0.4, 0.5) is 0 Å². The van der Waals surface area contributed by atoms with Gasteiger partial charge in [0.2, 0.25) is 0 Å². The van der Waals surface area contributed by atoms with Crippen molar-refractivity contribution in [3.63, 3.8) is 0 Å². The molecule has 1 N–H and O–H groups in total. The third-order valence-corrected chi connectivity index (χ3v) is 3.70. The van der Waals surface area contributed by atoms with E-state index in [0.717, 1.165) is 24.5 Å². The van der Waals surface area contributed by atoms with Gasteiger partial charge in [0.05, 0.1) is 18.3 Å². The number of fused-ring (bicyclic) bond motifs is 1. The van der Waals surface area contributed by atoms with E-state index >= 15 is 0 Å². The number of aromatic nitrogens is 2. The summed E-state index contributed by atoms with van der Waals surface area (Å²) in [4.78, 5) is 0. The Bertz CT molecular complexity index is 603. The van der Waals surface area contributed by atoms with Gasteiger partial charge >= 0.3 is 0 Å². The monoisotopic (exact) mass is 257 g/mol. The van der Waals surface area contributed by atoms with E-state index in [9.17, 15) is 0 Å². The fourth-order valence-electron chi connectivity index (χ4n) is 2.79. The molecule has 1 aromatic carbocycles. The molecule has 4 nitrogen and oxygen atoms in total. The summed E-state index contributed by atoms with van der Waals surface area (Å²) in [7, 11) is 3.95. The lowest BCUT2D eigenvalue weighted by molar-refractivity contribution is 0.357. The van der Waals surface area contributed by atoms with Gasteiger partial charge in [-0.15, -0.1) is 0 Å². The Kier molecular flexibility index (Phi) is 3.03. The van der Waals surface area contributed by atoms with Crippen molar-refractivity contribution in [2.75, 3.05) is 13.7 Å². The molecule has 1 aromatic heterocycles. The van der Waals surface area contributed by atoms with Gasteiger partial charge in [-0.2, -0.15) is 5.10 Å². The van der Waals surface area contributed by atoms with Crippen LogP contribution in [0.5, 0.6) is 5.75 Å². The van der Waals surface area contributed by atoms with E-state index in [2.05, 4.69) is 41.7 Å². The van der Waals surface area contributed by atoms with Crippen LogP contribution in [0.2, 0.25) is 0 Å². The number of aryl methyl sites for hydroxylation is 2. The standard InChI is InChI=1S/C15H19N3O/c1-10-13(9-18(3)17-10)15(16-2)12-4-5-14-11(8-12)6-7-19-14/h4-5,8-9,15-16H,6-7H2,1-3H3. The van der Waals surface area contributed by atoms with Gasteiger partial charge in [-0.25, -0.2) is 0 Å². The van der Waals surface area contributed by atoms with Gasteiger partial charge in [0.15, 0.2) is 0 Å². The average Bonchev–Trinajstić information content (AvgIpc) is 2.97. The fraction of sp³-hybridized carbons (Fsp3) is 0.400. The smallest absolute Gasteiger partial charge is 0.122 e. The molecule has 0 radical (unpaired) electrons. The molecule has 100 valence electrons. The normalized spacial score (nSPS) is 15.1. The molecule has 0 aliphatic carbocycles. The van der Waals surface area contributed by atoms with Gasteiger partial charge in [-0.3, -0.25) is 4.68 Å². The van der Waals surface area contributed by atoms with Crippen molar-refractivity contribution in [2.24, 2.45) is 7.05 Å². The molecular weight excluding hydrogens is 238 g/mol. The minimum Gasteiger partial charge on any atom is -0.493 e. The zero-order valence-electron chi connectivity index (χ0n) is 11.6. The zero-order valence-corrected chi connectivity index (χ0v) is 11.6. The summed E-state index contributed by atoms with van der Waals surface area (Å²) in [6, 6.07) is 6.64. The highest BCUT2D eigenvalue weighted by Crippen LogP contribution is 2.31. The maximum absolute atomic E-state index is 5.56. The average molecular weight is 257 g/mol. The predicted molar refractivity (Wildman–Crippen MR) is 74.5 cm³/mol. The summed E-state index contributed by atoms with van der Waals surface area (Å²) < 4.78 is 7.43. The highest BCUT2D eigenvalue weighted by Gasteiger charge is 2.20. The van der Waals surface area contributed by atoms with Gasteiger partial charge in [0.1, 0.15) is 5.75 Å². The molecule has 2 heterocycles. The van der Waals surface area contributed by atoms with Crippen LogP contribution < -0.4 is 10.1 Å². The molecule has 0 spiro atoms. The second kappa shape index (κ2) is 4.70. The van der Waals surface area contributed by atoms with Crippen LogP contribution in [0.3, 0.4) is 0 Å². The van der Waals surface area contributed by atoms with E-state index in [1.807, 2.05) is 18.8 Å². The molecule has 3 rings (SSSR count). The largest absolute Gasteiger partial charge is 0.493 e. The molecule has 0 saturated carbocycles. The molecule has 2 aromatic rings. The highest BCUT2D eigenvalue weighted by molar-refractivity contribution is 5.43. The molecule has 0 fully saturated rings. The van der Waals surface area contributed by atoms with Gasteiger partial charge in [0.25, 0.3) is 0 Å². The molecular formula is C15H19N3O. The SMILES string of the molecule is CNC(c1ccc2c(c1)CCO2)c1cn(C)nc1C. The molecule has 0 amide bonds. The number of hydrogen-bond donors (Lipinski definition) is 1. The quantitative estimate of drug-likeness (QED) is 0.913. The first kappa shape index (κ1) is 12.2. The topological polar surface area (TPSA) is 39.1 Å². The van der Waals surface area contributed by atoms with Crippen molar-refractivity contribution in [3.05, 3.63) is 46.8 Å². The molecule has 1 atom stereocenters. The van der Waals surface area contributed by atoms with E-state index < -0.39 is 0 Å². The number of nitrogens with zero attached hydrogens (tertiary/aromatic N) is 2. The molecule has 1 aliphatic heterocycles. The molecule has 1 unspecified atom stereocenters. The Morgan fingerprint density at radius 2 is 2.26 bits per heavy atom. The Balaban J connectivity index is 2.00. The number of rotatable bonds is 3. The lowest BCUT2D eigenvalue weighted by Gasteiger charge is -2.17. The van der Waals surface area contributed by atoms with Crippen LogP contribution in [-0.4, -0.2) is 23.4 Å². The lowest BCUT2D eigenvalue weighted by atomic mass is 9.97. The van der Waals surface area contributed by atoms with Crippen molar-refractivity contribution in [3.8, 4) is 5.75 Å². The first-order valence-corrected chi connectivity index (χ1v) is 6.62. The molecule has 0 bridgehead atoms. The molecule has 1 aliphatic rings. The van der Waals surface area contributed by atoms with Gasteiger partial charge in [-0.05, 0) is 31.2 Å². The van der Waals surface area contributed by atoms with Crippen molar-refractivity contribution >= 4 is 0 Å². The lowest BCUT2D eigenvalue weighted by Crippen LogP contribution is -2.18. The second-order valence-electron chi connectivity index (χ2n) is 5.03. The Labute approximate surface area is 113 Å². The third-order valence-electron chi connectivity index (χ3n) is 3.70. The summed E-state index contributed by atoms with van der Waals surface area (Å²) in [5.74, 6) is 1.03. The van der Waals surface area contributed by atoms with Gasteiger partial charge in [0, 0.05) is 25.2 Å². The molecule has 19 heavy (non-hydrogen) atoms. The van der Waals surface area contributed by atoms with E-state index in [1.165, 1.54) is 16.7 Å². The highest BCUT2D eigenvalue weighted by atomic mass is 16.5. The Hall–Kier alpha value is -1.81. The summed E-state index contributed by atoms with van der Waals surface area (Å²) in [6.45, 7) is 2.85. The van der Waals surface area contributed by atoms with Crippen LogP contribution in [0.1, 0.15) is 28.4 Å². The van der Waals surface area contributed by atoms with Crippen molar-refractivity contribution < 1.29 is 4.74 Å². The van der Waals surface area contributed by atoms with Crippen LogP contribution in [0.25, 0.3) is 0 Å². The Morgan fingerprint density at radius 3 is 2.95 bits per heavy atom. The summed E-state index contributed by atoms with van der Waals surface area (Å²) in [5.41, 5.74) is 4.87. The zero-order chi connectivity index (χ0) is 13.4. The van der Waals surface area contributed by atoms with Gasteiger partial charge < -0.3 is 10.1 Å². The van der Waals surface area contributed by atoms with E-state index in [1.54, 1.807) is 0 Å². The first-order valence-electron chi connectivity index (χ1n) is 6.62.